The van der Waals surface area contributed by atoms with Gasteiger partial charge in [-0.1, -0.05) is 13.8 Å². The maximum atomic E-state index is 11.6. The first kappa shape index (κ1) is 17.6. The fraction of sp³-hybridized carbons (Fsp3) is 0.538. The van der Waals surface area contributed by atoms with Crippen LogP contribution in [0.15, 0.2) is 22.8 Å². The number of rotatable bonds is 7. The number of hydrogen-bond acceptors (Lipinski definition) is 6. The van der Waals surface area contributed by atoms with Crippen LogP contribution in [0.5, 0.6) is 0 Å². The summed E-state index contributed by atoms with van der Waals surface area (Å²) in [7, 11) is 0. The van der Waals surface area contributed by atoms with E-state index in [2.05, 4.69) is 4.74 Å². The summed E-state index contributed by atoms with van der Waals surface area (Å²) in [4.78, 5) is 23.2. The van der Waals surface area contributed by atoms with E-state index in [0.717, 1.165) is 6.08 Å². The van der Waals surface area contributed by atoms with Crippen molar-refractivity contribution < 1.29 is 24.2 Å². The summed E-state index contributed by atoms with van der Waals surface area (Å²) in [5, 5.41) is 9.60. The normalized spacial score (nSPS) is 12.5. The van der Waals surface area contributed by atoms with E-state index in [1.54, 1.807) is 13.8 Å². The van der Waals surface area contributed by atoms with Gasteiger partial charge in [0.25, 0.3) is 0 Å². The van der Waals surface area contributed by atoms with E-state index in [1.165, 1.54) is 17.8 Å². The van der Waals surface area contributed by atoms with Crippen molar-refractivity contribution in [1.82, 2.24) is 0 Å². The Balaban J connectivity index is 4.93. The van der Waals surface area contributed by atoms with Crippen LogP contribution in [0.3, 0.4) is 0 Å². The maximum absolute atomic E-state index is 11.6. The predicted molar refractivity (Wildman–Crippen MR) is 74.8 cm³/mol. The molecule has 5 nitrogen and oxygen atoms in total. The predicted octanol–water partition coefficient (Wildman–Crippen LogP) is 2.58. The third-order valence-corrected chi connectivity index (χ3v) is 2.74. The SMILES string of the molecule is CCOC(=O)C(O)=CC=C(SC(C)C)C(=O)OCC. The second-order valence-electron chi connectivity index (χ2n) is 3.69. The highest BCUT2D eigenvalue weighted by Crippen LogP contribution is 2.22. The number of hydrogen-bond donors (Lipinski definition) is 1. The van der Waals surface area contributed by atoms with E-state index >= 15 is 0 Å². The zero-order chi connectivity index (χ0) is 14.8. The summed E-state index contributed by atoms with van der Waals surface area (Å²) >= 11 is 1.29. The van der Waals surface area contributed by atoms with Crippen LogP contribution in [0, 0.1) is 0 Å². The first-order chi connectivity index (χ1) is 8.92. The van der Waals surface area contributed by atoms with Crippen LogP contribution in [0.25, 0.3) is 0 Å². The number of ether oxygens (including phenoxy) is 2. The molecule has 0 saturated carbocycles. The van der Waals surface area contributed by atoms with Gasteiger partial charge in [-0.25, -0.2) is 9.59 Å². The van der Waals surface area contributed by atoms with Crippen LogP contribution in [0.4, 0.5) is 0 Å². The first-order valence-electron chi connectivity index (χ1n) is 6.04. The minimum atomic E-state index is -0.823. The average Bonchev–Trinajstić information content (AvgIpc) is 2.34. The van der Waals surface area contributed by atoms with Crippen molar-refractivity contribution in [3.05, 3.63) is 22.8 Å². The van der Waals surface area contributed by atoms with Gasteiger partial charge in [0.05, 0.1) is 18.1 Å². The highest BCUT2D eigenvalue weighted by atomic mass is 32.2. The molecular weight excluding hydrogens is 268 g/mol. The molecule has 108 valence electrons. The summed E-state index contributed by atoms with van der Waals surface area (Å²) in [6, 6.07) is 0. The monoisotopic (exact) mass is 288 g/mol. The summed E-state index contributed by atoms with van der Waals surface area (Å²) in [6.45, 7) is 7.63. The Morgan fingerprint density at radius 2 is 1.63 bits per heavy atom. The van der Waals surface area contributed by atoms with Crippen LogP contribution >= 0.6 is 11.8 Å². The lowest BCUT2D eigenvalue weighted by atomic mass is 10.4. The van der Waals surface area contributed by atoms with Crippen molar-refractivity contribution in [2.24, 2.45) is 0 Å². The Morgan fingerprint density at radius 3 is 2.11 bits per heavy atom. The molecule has 6 heteroatoms. The molecule has 0 rings (SSSR count). The van der Waals surface area contributed by atoms with Crippen LogP contribution in [-0.4, -0.2) is 35.5 Å². The Hall–Kier alpha value is -1.43. The highest BCUT2D eigenvalue weighted by molar-refractivity contribution is 8.04. The molecule has 0 aliphatic heterocycles. The van der Waals surface area contributed by atoms with Gasteiger partial charge in [-0.3, -0.25) is 0 Å². The molecule has 0 aromatic rings. The molecule has 0 spiro atoms. The molecule has 0 aromatic heterocycles. The van der Waals surface area contributed by atoms with E-state index in [4.69, 9.17) is 4.74 Å². The van der Waals surface area contributed by atoms with Crippen molar-refractivity contribution >= 4 is 23.7 Å². The Morgan fingerprint density at radius 1 is 1.11 bits per heavy atom. The van der Waals surface area contributed by atoms with Crippen LogP contribution in [0.2, 0.25) is 0 Å². The lowest BCUT2D eigenvalue weighted by Gasteiger charge is -2.08. The number of carbonyl (C=O) groups excluding carboxylic acids is 2. The molecular formula is C13H20O5S. The highest BCUT2D eigenvalue weighted by Gasteiger charge is 2.13. The second-order valence-corrected chi connectivity index (χ2v) is 5.31. The Labute approximate surface area is 117 Å². The van der Waals surface area contributed by atoms with E-state index in [9.17, 15) is 14.7 Å². The molecule has 0 atom stereocenters. The second kappa shape index (κ2) is 9.49. The number of allylic oxidation sites excluding steroid dienone is 2. The summed E-state index contributed by atoms with van der Waals surface area (Å²) < 4.78 is 9.51. The average molecular weight is 288 g/mol. The smallest absolute Gasteiger partial charge is 0.373 e. The van der Waals surface area contributed by atoms with E-state index < -0.39 is 17.7 Å². The van der Waals surface area contributed by atoms with Gasteiger partial charge in [0.1, 0.15) is 0 Å². The molecule has 0 unspecified atom stereocenters. The summed E-state index contributed by atoms with van der Waals surface area (Å²) in [5.41, 5.74) is 0. The minimum Gasteiger partial charge on any atom is -0.502 e. The molecule has 0 radical (unpaired) electrons. The van der Waals surface area contributed by atoms with Crippen LogP contribution in [-0.2, 0) is 19.1 Å². The quantitative estimate of drug-likeness (QED) is 0.336. The lowest BCUT2D eigenvalue weighted by molar-refractivity contribution is -0.141. The number of aliphatic hydroxyl groups excluding tert-OH is 1. The van der Waals surface area contributed by atoms with Gasteiger partial charge < -0.3 is 14.6 Å². The number of carbonyl (C=O) groups is 2. The van der Waals surface area contributed by atoms with Gasteiger partial charge in [-0.05, 0) is 26.0 Å². The standard InChI is InChI=1S/C13H20O5S/c1-5-17-12(15)10(14)7-8-11(19-9(3)4)13(16)18-6-2/h7-9,14H,5-6H2,1-4H3. The van der Waals surface area contributed by atoms with Gasteiger partial charge >= 0.3 is 11.9 Å². The molecule has 0 saturated heterocycles. The van der Waals surface area contributed by atoms with E-state index in [0.29, 0.717) is 4.91 Å². The zero-order valence-electron chi connectivity index (χ0n) is 11.6. The molecule has 0 aliphatic rings. The topological polar surface area (TPSA) is 72.8 Å². The number of thioether (sulfide) groups is 1. The fourth-order valence-corrected chi connectivity index (χ4v) is 1.85. The van der Waals surface area contributed by atoms with Crippen molar-refractivity contribution in [3.63, 3.8) is 0 Å². The van der Waals surface area contributed by atoms with Gasteiger partial charge in [0.15, 0.2) is 0 Å². The van der Waals surface area contributed by atoms with Crippen molar-refractivity contribution in [2.75, 3.05) is 13.2 Å². The molecule has 0 amide bonds. The molecule has 0 aliphatic carbocycles. The van der Waals surface area contributed by atoms with Gasteiger partial charge in [0.2, 0.25) is 5.76 Å². The summed E-state index contributed by atoms with van der Waals surface area (Å²) in [6.07, 6.45) is 2.49. The number of aliphatic hydroxyl groups is 1. The third-order valence-electron chi connectivity index (χ3n) is 1.72. The van der Waals surface area contributed by atoms with E-state index in [-0.39, 0.29) is 18.5 Å². The maximum Gasteiger partial charge on any atom is 0.373 e. The van der Waals surface area contributed by atoms with Crippen LogP contribution < -0.4 is 0 Å². The third kappa shape index (κ3) is 7.56. The first-order valence-corrected chi connectivity index (χ1v) is 6.92. The molecule has 1 N–H and O–H groups in total. The van der Waals surface area contributed by atoms with Gasteiger partial charge in [-0.2, -0.15) is 0 Å². The number of esters is 2. The molecule has 0 bridgehead atoms. The largest absolute Gasteiger partial charge is 0.502 e. The molecule has 19 heavy (non-hydrogen) atoms. The van der Waals surface area contributed by atoms with E-state index in [1.807, 2.05) is 13.8 Å². The van der Waals surface area contributed by atoms with Crippen molar-refractivity contribution in [3.8, 4) is 0 Å². The Kier molecular flexibility index (Phi) is 8.78. The van der Waals surface area contributed by atoms with Crippen molar-refractivity contribution in [2.45, 2.75) is 32.9 Å². The Bertz CT molecular complexity index is 371. The fourth-order valence-electron chi connectivity index (χ4n) is 1.04. The van der Waals surface area contributed by atoms with Gasteiger partial charge in [-0.15, -0.1) is 11.8 Å². The van der Waals surface area contributed by atoms with Gasteiger partial charge in [0, 0.05) is 5.25 Å². The lowest BCUT2D eigenvalue weighted by Crippen LogP contribution is -2.08. The minimum absolute atomic E-state index is 0.173. The van der Waals surface area contributed by atoms with Crippen molar-refractivity contribution in [1.29, 1.82) is 0 Å². The zero-order valence-corrected chi connectivity index (χ0v) is 12.5. The summed E-state index contributed by atoms with van der Waals surface area (Å²) in [5.74, 6) is -1.85. The molecule has 0 aromatic carbocycles. The molecule has 0 fully saturated rings. The molecule has 0 heterocycles. The van der Waals surface area contributed by atoms with Crippen LogP contribution in [0.1, 0.15) is 27.7 Å².